The molecule has 25 heavy (non-hydrogen) atoms. The maximum absolute atomic E-state index is 12.4. The molecule has 1 aromatic heterocycles. The van der Waals surface area contributed by atoms with Gasteiger partial charge in [0.15, 0.2) is 5.43 Å². The lowest BCUT2D eigenvalue weighted by molar-refractivity contribution is -0.197. The summed E-state index contributed by atoms with van der Waals surface area (Å²) in [5, 5.41) is 0.700. The number of nitrogens with zero attached hydrogens (tertiary/aromatic N) is 2. The highest BCUT2D eigenvalue weighted by atomic mass is 16.7. The Morgan fingerprint density at radius 1 is 1.08 bits per heavy atom. The van der Waals surface area contributed by atoms with Gasteiger partial charge in [-0.05, 0) is 19.1 Å². The molecule has 0 unspecified atom stereocenters. The second kappa shape index (κ2) is 6.31. The molecule has 3 rings (SSSR count). The minimum Gasteiger partial charge on any atom is -0.328 e. The van der Waals surface area contributed by atoms with E-state index in [1.807, 2.05) is 0 Å². The van der Waals surface area contributed by atoms with Crippen molar-refractivity contribution in [2.45, 2.75) is 26.3 Å². The molecule has 0 N–H and O–H groups in total. The van der Waals surface area contributed by atoms with Crippen LogP contribution in [0.5, 0.6) is 0 Å². The van der Waals surface area contributed by atoms with E-state index in [2.05, 4.69) is 0 Å². The predicted molar refractivity (Wildman–Crippen MR) is 86.4 cm³/mol. The van der Waals surface area contributed by atoms with Crippen molar-refractivity contribution in [3.8, 4) is 0 Å². The van der Waals surface area contributed by atoms with E-state index in [0.717, 1.165) is 10.6 Å². The summed E-state index contributed by atoms with van der Waals surface area (Å²) in [6, 6.07) is 7.52. The molecule has 1 aliphatic heterocycles. The quantitative estimate of drug-likeness (QED) is 0.742. The number of rotatable bonds is 3. The Morgan fingerprint density at radius 3 is 2.40 bits per heavy atom. The monoisotopic (exact) mass is 342 g/mol. The Bertz CT molecular complexity index is 1010. The Morgan fingerprint density at radius 2 is 1.72 bits per heavy atom. The van der Waals surface area contributed by atoms with Crippen LogP contribution in [-0.2, 0) is 25.8 Å². The Labute approximate surface area is 141 Å². The number of amides is 2. The van der Waals surface area contributed by atoms with Gasteiger partial charge < -0.3 is 4.84 Å². The number of aromatic nitrogens is 1. The fourth-order valence-electron chi connectivity index (χ4n) is 2.64. The van der Waals surface area contributed by atoms with E-state index in [1.165, 1.54) is 13.0 Å². The third-order valence-electron chi connectivity index (χ3n) is 3.89. The van der Waals surface area contributed by atoms with Crippen LogP contribution in [0.3, 0.4) is 0 Å². The molecule has 1 aliphatic rings. The first kappa shape index (κ1) is 16.6. The van der Waals surface area contributed by atoms with Crippen molar-refractivity contribution in [3.63, 3.8) is 0 Å². The van der Waals surface area contributed by atoms with E-state index in [1.54, 1.807) is 18.2 Å². The van der Waals surface area contributed by atoms with E-state index in [4.69, 9.17) is 4.84 Å². The van der Waals surface area contributed by atoms with Crippen molar-refractivity contribution >= 4 is 28.7 Å². The summed E-state index contributed by atoms with van der Waals surface area (Å²) in [5.41, 5.74) is -0.364. The molecule has 0 atom stereocenters. The zero-order chi connectivity index (χ0) is 18.1. The average molecular weight is 342 g/mol. The first-order valence-corrected chi connectivity index (χ1v) is 7.58. The molecule has 2 aromatic rings. The molecule has 1 fully saturated rings. The van der Waals surface area contributed by atoms with Crippen LogP contribution in [0.2, 0.25) is 0 Å². The molecular formula is C17H14N2O6. The number of hydrogen-bond donors (Lipinski definition) is 0. The number of hydrogen-bond acceptors (Lipinski definition) is 6. The summed E-state index contributed by atoms with van der Waals surface area (Å²) in [6.07, 6.45) is -0.0396. The van der Waals surface area contributed by atoms with Gasteiger partial charge in [-0.15, -0.1) is 5.06 Å². The molecular weight excluding hydrogens is 328 g/mol. The van der Waals surface area contributed by atoms with Crippen LogP contribution in [-0.4, -0.2) is 27.4 Å². The van der Waals surface area contributed by atoms with Gasteiger partial charge >= 0.3 is 5.97 Å². The number of carbonyl (C=O) groups is 3. The summed E-state index contributed by atoms with van der Waals surface area (Å²) >= 11 is 0. The Hall–Kier alpha value is -3.29. The normalized spacial score (nSPS) is 14.2. The van der Waals surface area contributed by atoms with Crippen molar-refractivity contribution < 1.29 is 19.2 Å². The number of hydroxylamine groups is 2. The maximum atomic E-state index is 12.4. The largest absolute Gasteiger partial charge is 0.352 e. The Balaban J connectivity index is 2.02. The van der Waals surface area contributed by atoms with Gasteiger partial charge in [0.25, 0.3) is 17.4 Å². The minimum absolute atomic E-state index is 0.0198. The van der Waals surface area contributed by atoms with Crippen molar-refractivity contribution in [2.75, 3.05) is 0 Å². The van der Waals surface area contributed by atoms with Gasteiger partial charge in [-0.1, -0.05) is 12.1 Å². The van der Waals surface area contributed by atoms with Gasteiger partial charge in [-0.3, -0.25) is 23.7 Å². The smallest absolute Gasteiger partial charge is 0.328 e. The second-order valence-corrected chi connectivity index (χ2v) is 5.64. The molecule has 0 bridgehead atoms. The zero-order valence-corrected chi connectivity index (χ0v) is 13.4. The predicted octanol–water partition coefficient (Wildman–Crippen LogP) is 0.277. The number of carbonyl (C=O) groups excluding carboxylic acids is 3. The topological polar surface area (TPSA) is 103 Å². The molecule has 8 nitrogen and oxygen atoms in total. The van der Waals surface area contributed by atoms with E-state index in [9.17, 15) is 24.0 Å². The first-order valence-electron chi connectivity index (χ1n) is 7.58. The highest BCUT2D eigenvalue weighted by Gasteiger charge is 2.32. The second-order valence-electron chi connectivity index (χ2n) is 5.64. The number of fused-ring (bicyclic) bond motifs is 1. The third kappa shape index (κ3) is 3.06. The van der Waals surface area contributed by atoms with Gasteiger partial charge in [0.2, 0.25) is 0 Å². The van der Waals surface area contributed by atoms with Crippen LogP contribution < -0.4 is 11.0 Å². The minimum atomic E-state index is -0.952. The fourth-order valence-corrected chi connectivity index (χ4v) is 2.64. The van der Waals surface area contributed by atoms with Crippen molar-refractivity contribution in [1.82, 2.24) is 9.63 Å². The highest BCUT2D eigenvalue weighted by molar-refractivity contribution is 6.01. The summed E-state index contributed by atoms with van der Waals surface area (Å²) in [6.45, 7) is 0.977. The van der Waals surface area contributed by atoms with Gasteiger partial charge in [0.1, 0.15) is 6.54 Å². The number of benzene rings is 1. The lowest BCUT2D eigenvalue weighted by atomic mass is 10.2. The summed E-state index contributed by atoms with van der Waals surface area (Å²) in [4.78, 5) is 64.6. The zero-order valence-electron chi connectivity index (χ0n) is 13.4. The Kier molecular flexibility index (Phi) is 4.18. The lowest BCUT2D eigenvalue weighted by Crippen LogP contribution is -2.34. The summed E-state index contributed by atoms with van der Waals surface area (Å²) in [5.74, 6) is -2.16. The average Bonchev–Trinajstić information content (AvgIpc) is 2.86. The maximum Gasteiger partial charge on any atom is 0.352 e. The molecule has 1 saturated heterocycles. The molecule has 2 heterocycles. The van der Waals surface area contributed by atoms with Crippen molar-refractivity contribution in [1.29, 1.82) is 0 Å². The van der Waals surface area contributed by atoms with Crippen molar-refractivity contribution in [2.24, 2.45) is 0 Å². The van der Waals surface area contributed by atoms with Crippen LogP contribution in [0.1, 0.15) is 18.4 Å². The standard InChI is InChI=1S/C17H14N2O6/c1-10-8-15(22)18(12-5-3-2-4-11(12)17(10)24)9-16(23)25-19-13(20)6-7-14(19)21/h2-5,8H,6-7,9H2,1H3. The highest BCUT2D eigenvalue weighted by Crippen LogP contribution is 2.13. The molecule has 2 amide bonds. The van der Waals surface area contributed by atoms with Crippen LogP contribution >= 0.6 is 0 Å². The van der Waals surface area contributed by atoms with E-state index in [-0.39, 0.29) is 34.7 Å². The van der Waals surface area contributed by atoms with Crippen LogP contribution in [0, 0.1) is 6.92 Å². The van der Waals surface area contributed by atoms with Gasteiger partial charge in [-0.25, -0.2) is 4.79 Å². The van der Waals surface area contributed by atoms with E-state index in [0.29, 0.717) is 5.06 Å². The molecule has 0 radical (unpaired) electrons. The van der Waals surface area contributed by atoms with E-state index >= 15 is 0 Å². The molecule has 128 valence electrons. The molecule has 1 aromatic carbocycles. The number of aryl methyl sites for hydroxylation is 1. The molecule has 0 spiro atoms. The number of imide groups is 1. The van der Waals surface area contributed by atoms with Crippen molar-refractivity contribution in [3.05, 3.63) is 56.5 Å². The van der Waals surface area contributed by atoms with Gasteiger partial charge in [0, 0.05) is 29.9 Å². The van der Waals surface area contributed by atoms with Gasteiger partial charge in [0.05, 0.1) is 5.52 Å². The molecule has 0 saturated carbocycles. The van der Waals surface area contributed by atoms with Crippen LogP contribution in [0.4, 0.5) is 0 Å². The van der Waals surface area contributed by atoms with Gasteiger partial charge in [-0.2, -0.15) is 0 Å². The summed E-state index contributed by atoms with van der Waals surface area (Å²) < 4.78 is 1.08. The molecule has 8 heteroatoms. The lowest BCUT2D eigenvalue weighted by Gasteiger charge is -2.13. The van der Waals surface area contributed by atoms with Crippen LogP contribution in [0.25, 0.3) is 10.9 Å². The third-order valence-corrected chi connectivity index (χ3v) is 3.89. The van der Waals surface area contributed by atoms with E-state index < -0.39 is 29.9 Å². The van der Waals surface area contributed by atoms with Crippen LogP contribution in [0.15, 0.2) is 39.9 Å². The molecule has 0 aliphatic carbocycles. The first-order chi connectivity index (χ1) is 11.9. The number of para-hydroxylation sites is 1. The fraction of sp³-hybridized carbons (Fsp3) is 0.235. The summed E-state index contributed by atoms with van der Waals surface area (Å²) in [7, 11) is 0. The SMILES string of the molecule is Cc1cc(=O)n(CC(=O)ON2C(=O)CCC2=O)c2ccccc2c1=O.